The van der Waals surface area contributed by atoms with E-state index in [0.717, 1.165) is 12.3 Å². The Balaban J connectivity index is 0.000000329. The molecule has 4 heteroatoms. The van der Waals surface area contributed by atoms with Gasteiger partial charge < -0.3 is 9.15 Å². The maximum absolute atomic E-state index is 6.06. The molecule has 2 saturated carbocycles. The van der Waals surface area contributed by atoms with Crippen molar-refractivity contribution in [2.24, 2.45) is 0 Å². The second-order valence-electron chi connectivity index (χ2n) is 6.56. The average molecular weight is 413 g/mol. The van der Waals surface area contributed by atoms with Crippen LogP contribution in [0.4, 0.5) is 0 Å². The molecule has 2 atom stereocenters. The van der Waals surface area contributed by atoms with Gasteiger partial charge in [0.1, 0.15) is 5.76 Å². The molecular weight excluding hydrogens is 390 g/mol. The van der Waals surface area contributed by atoms with Gasteiger partial charge in [-0.15, -0.1) is 0 Å². The summed E-state index contributed by atoms with van der Waals surface area (Å²) in [5.74, 6) is 2.16. The standard InChI is InChI=1S/C19H18NO2.C5H5.Fe/c1-2-9-16(10-3-1)17-14-22-19(18-11-6-12-21-18)20(17)13-15-7-4-5-8-15;1-2-4-5-3-1;/h1-12,17,19H,13-14H2;1-5H;/q;;+2/t17-,19+;;/m0../s1. The minimum atomic E-state index is -0.130. The Morgan fingerprint density at radius 3 is 2.11 bits per heavy atom. The molecule has 1 aromatic heterocycles. The first kappa shape index (κ1) is 21.6. The molecule has 2 aliphatic carbocycles. The predicted molar refractivity (Wildman–Crippen MR) is 105 cm³/mol. The summed E-state index contributed by atoms with van der Waals surface area (Å²) in [6, 6.07) is 14.7. The molecule has 0 spiro atoms. The first-order valence-electron chi connectivity index (χ1n) is 9.25. The molecule has 3 aliphatic rings. The molecule has 0 amide bonds. The number of hydrogen-bond acceptors (Lipinski definition) is 3. The second kappa shape index (κ2) is 11.2. The van der Waals surface area contributed by atoms with Crippen molar-refractivity contribution >= 4 is 0 Å². The van der Waals surface area contributed by atoms with E-state index in [9.17, 15) is 0 Å². The van der Waals surface area contributed by atoms with Crippen LogP contribution in [0.15, 0.2) is 53.1 Å². The molecule has 28 heavy (non-hydrogen) atoms. The Labute approximate surface area is 180 Å². The van der Waals surface area contributed by atoms with E-state index in [1.807, 2.05) is 50.3 Å². The van der Waals surface area contributed by atoms with Crippen LogP contribution in [0.5, 0.6) is 0 Å². The third-order valence-electron chi connectivity index (χ3n) is 4.74. The number of ether oxygens (including phenoxy) is 1. The summed E-state index contributed by atoms with van der Waals surface area (Å²) in [5.41, 5.74) is 1.28. The molecule has 2 heterocycles. The largest absolute Gasteiger partial charge is 2.00 e. The van der Waals surface area contributed by atoms with Gasteiger partial charge in [0.05, 0.1) is 18.9 Å². The van der Waals surface area contributed by atoms with Crippen molar-refractivity contribution in [3.05, 3.63) is 124 Å². The molecule has 3 fully saturated rings. The van der Waals surface area contributed by atoms with Gasteiger partial charge in [-0.05, 0) is 81.4 Å². The van der Waals surface area contributed by atoms with Crippen LogP contribution in [0.3, 0.4) is 0 Å². The van der Waals surface area contributed by atoms with Gasteiger partial charge in [-0.25, -0.2) is 0 Å². The Bertz CT molecular complexity index is 643. The van der Waals surface area contributed by atoms with E-state index in [1.54, 1.807) is 6.26 Å². The second-order valence-corrected chi connectivity index (χ2v) is 6.56. The average Bonchev–Trinajstić information content (AvgIpc) is 3.51. The van der Waals surface area contributed by atoms with Gasteiger partial charge in [-0.1, -0.05) is 30.3 Å². The molecule has 1 aromatic carbocycles. The van der Waals surface area contributed by atoms with Gasteiger partial charge in [-0.3, -0.25) is 4.90 Å². The zero-order valence-corrected chi connectivity index (χ0v) is 16.6. The van der Waals surface area contributed by atoms with Crippen LogP contribution < -0.4 is 0 Å². The summed E-state index contributed by atoms with van der Waals surface area (Å²) in [6.45, 7) is 1.52. The fourth-order valence-electron chi connectivity index (χ4n) is 3.42. The Morgan fingerprint density at radius 1 is 0.821 bits per heavy atom. The zero-order chi connectivity index (χ0) is 18.3. The summed E-state index contributed by atoms with van der Waals surface area (Å²) in [6.07, 6.45) is 20.0. The van der Waals surface area contributed by atoms with Gasteiger partial charge >= 0.3 is 17.1 Å². The van der Waals surface area contributed by atoms with Crippen molar-refractivity contribution in [2.75, 3.05) is 13.2 Å². The zero-order valence-electron chi connectivity index (χ0n) is 15.5. The molecule has 5 rings (SSSR count). The van der Waals surface area contributed by atoms with Crippen LogP contribution in [-0.2, 0) is 21.8 Å². The maximum Gasteiger partial charge on any atom is 2.00 e. The minimum Gasteiger partial charge on any atom is -0.465 e. The van der Waals surface area contributed by atoms with Crippen molar-refractivity contribution in [2.45, 2.75) is 12.3 Å². The van der Waals surface area contributed by atoms with Crippen LogP contribution in [0.2, 0.25) is 0 Å². The van der Waals surface area contributed by atoms with E-state index in [0.29, 0.717) is 6.61 Å². The summed E-state index contributed by atoms with van der Waals surface area (Å²) >= 11 is 0. The molecular formula is C24H23FeNO2+2. The van der Waals surface area contributed by atoms with Gasteiger partial charge in [0, 0.05) is 6.54 Å². The van der Waals surface area contributed by atoms with E-state index < -0.39 is 0 Å². The van der Waals surface area contributed by atoms with Gasteiger partial charge in [-0.2, -0.15) is 0 Å². The Morgan fingerprint density at radius 2 is 1.50 bits per heavy atom. The van der Waals surface area contributed by atoms with Crippen molar-refractivity contribution in [3.63, 3.8) is 0 Å². The normalized spacial score (nSPS) is 25.3. The quantitative estimate of drug-likeness (QED) is 0.675. The fraction of sp³-hybridized carbons (Fsp3) is 0.167. The third kappa shape index (κ3) is 5.51. The first-order valence-corrected chi connectivity index (χ1v) is 9.25. The minimum absolute atomic E-state index is 0. The van der Waals surface area contributed by atoms with E-state index in [-0.39, 0.29) is 29.3 Å². The van der Waals surface area contributed by atoms with Crippen molar-refractivity contribution in [3.8, 4) is 0 Å². The molecule has 142 valence electrons. The summed E-state index contributed by atoms with van der Waals surface area (Å²) in [5, 5.41) is 0. The molecule has 10 radical (unpaired) electrons. The SMILES string of the molecule is [CH]1[CH][CH][CH][CH]1.[CH]1[CH][CH][C](CN2[C@@H](c3ccco3)OC[C@H]2c2ccccc2)[CH]1.[Fe+2]. The molecule has 1 saturated heterocycles. The molecule has 0 unspecified atom stereocenters. The van der Waals surface area contributed by atoms with E-state index in [4.69, 9.17) is 9.15 Å². The van der Waals surface area contributed by atoms with E-state index in [2.05, 4.69) is 54.8 Å². The Hall–Kier alpha value is -1.06. The van der Waals surface area contributed by atoms with Crippen LogP contribution in [0, 0.1) is 63.7 Å². The predicted octanol–water partition coefficient (Wildman–Crippen LogP) is 4.78. The van der Waals surface area contributed by atoms with Crippen molar-refractivity contribution in [1.29, 1.82) is 0 Å². The molecule has 3 nitrogen and oxygen atoms in total. The summed E-state index contributed by atoms with van der Waals surface area (Å²) < 4.78 is 11.6. The Kier molecular flexibility index (Phi) is 8.66. The molecule has 0 bridgehead atoms. The molecule has 2 aromatic rings. The third-order valence-corrected chi connectivity index (χ3v) is 4.74. The monoisotopic (exact) mass is 413 g/mol. The van der Waals surface area contributed by atoms with Crippen molar-refractivity contribution in [1.82, 2.24) is 4.90 Å². The smallest absolute Gasteiger partial charge is 0.465 e. The maximum atomic E-state index is 6.06. The van der Waals surface area contributed by atoms with Crippen LogP contribution >= 0.6 is 0 Å². The van der Waals surface area contributed by atoms with Gasteiger partial charge in [0.25, 0.3) is 0 Å². The summed E-state index contributed by atoms with van der Waals surface area (Å²) in [4.78, 5) is 2.36. The van der Waals surface area contributed by atoms with Crippen LogP contribution in [-0.4, -0.2) is 18.1 Å². The number of nitrogens with zero attached hydrogens (tertiary/aromatic N) is 1. The molecule has 0 N–H and O–H groups in total. The van der Waals surface area contributed by atoms with Gasteiger partial charge in [0.2, 0.25) is 0 Å². The molecule has 1 aliphatic heterocycles. The van der Waals surface area contributed by atoms with Crippen LogP contribution in [0.25, 0.3) is 0 Å². The first-order chi connectivity index (χ1) is 13.4. The summed E-state index contributed by atoms with van der Waals surface area (Å²) in [7, 11) is 0. The van der Waals surface area contributed by atoms with Crippen molar-refractivity contribution < 1.29 is 26.2 Å². The number of rotatable bonds is 4. The van der Waals surface area contributed by atoms with Gasteiger partial charge in [0.15, 0.2) is 6.23 Å². The fourth-order valence-corrected chi connectivity index (χ4v) is 3.42. The topological polar surface area (TPSA) is 25.6 Å². The van der Waals surface area contributed by atoms with E-state index >= 15 is 0 Å². The van der Waals surface area contributed by atoms with E-state index in [1.165, 1.54) is 11.5 Å². The number of hydrogen-bond donors (Lipinski definition) is 0. The number of furan rings is 1. The van der Waals surface area contributed by atoms with Crippen LogP contribution in [0.1, 0.15) is 23.6 Å². The number of benzene rings is 1.